The third kappa shape index (κ3) is 4.15. The molecule has 0 aromatic carbocycles. The fraction of sp³-hybridized carbons (Fsp3) is 0.786. The van der Waals surface area contributed by atoms with Gasteiger partial charge in [-0.2, -0.15) is 0 Å². The first-order chi connectivity index (χ1) is 7.85. The Morgan fingerprint density at radius 2 is 2.06 bits per heavy atom. The van der Waals surface area contributed by atoms with E-state index in [2.05, 4.69) is 27.4 Å². The Kier molecular flexibility index (Phi) is 4.75. The van der Waals surface area contributed by atoms with Gasteiger partial charge in [-0.3, -0.25) is 4.79 Å². The summed E-state index contributed by atoms with van der Waals surface area (Å²) < 4.78 is 0. The minimum atomic E-state index is -0.00651. The zero-order valence-corrected chi connectivity index (χ0v) is 11.3. The van der Waals surface area contributed by atoms with E-state index in [1.165, 1.54) is 0 Å². The van der Waals surface area contributed by atoms with E-state index in [1.54, 1.807) is 4.90 Å². The maximum atomic E-state index is 12.3. The molecule has 3 nitrogen and oxygen atoms in total. The van der Waals surface area contributed by atoms with E-state index in [0.717, 1.165) is 25.8 Å². The van der Waals surface area contributed by atoms with Crippen molar-refractivity contribution in [3.8, 4) is 0 Å². The first-order valence-corrected chi connectivity index (χ1v) is 6.45. The zero-order chi connectivity index (χ0) is 13.1. The fourth-order valence-corrected chi connectivity index (χ4v) is 2.38. The van der Waals surface area contributed by atoms with Gasteiger partial charge in [0, 0.05) is 12.1 Å². The summed E-state index contributed by atoms with van der Waals surface area (Å²) >= 11 is 0. The van der Waals surface area contributed by atoms with Crippen LogP contribution in [0.4, 0.5) is 0 Å². The van der Waals surface area contributed by atoms with Crippen LogP contribution in [0.5, 0.6) is 0 Å². The Balaban J connectivity index is 2.64. The van der Waals surface area contributed by atoms with Gasteiger partial charge in [-0.15, -0.1) is 0 Å². The number of carbonyl (C=O) groups is 1. The van der Waals surface area contributed by atoms with E-state index in [9.17, 15) is 9.90 Å². The van der Waals surface area contributed by atoms with Crippen molar-refractivity contribution in [2.75, 3.05) is 13.2 Å². The average molecular weight is 239 g/mol. The van der Waals surface area contributed by atoms with Gasteiger partial charge in [0.05, 0.1) is 12.6 Å². The number of aliphatic hydroxyl groups is 1. The van der Waals surface area contributed by atoms with Crippen molar-refractivity contribution < 1.29 is 9.90 Å². The molecule has 1 aliphatic rings. The minimum Gasteiger partial charge on any atom is -0.394 e. The number of likely N-dealkylation sites (tertiary alicyclic amines) is 1. The predicted molar refractivity (Wildman–Crippen MR) is 69.6 cm³/mol. The molecule has 1 heterocycles. The quantitative estimate of drug-likeness (QED) is 0.768. The normalized spacial score (nSPS) is 21.4. The van der Waals surface area contributed by atoms with Crippen LogP contribution >= 0.6 is 0 Å². The predicted octanol–water partition coefficient (Wildman–Crippen LogP) is 2.35. The molecule has 1 aliphatic heterocycles. The molecule has 1 atom stereocenters. The smallest absolute Gasteiger partial charge is 0.249 e. The van der Waals surface area contributed by atoms with Crippen LogP contribution in [0.25, 0.3) is 0 Å². The highest BCUT2D eigenvalue weighted by molar-refractivity contribution is 5.93. The topological polar surface area (TPSA) is 40.5 Å². The molecule has 1 fully saturated rings. The van der Waals surface area contributed by atoms with Crippen LogP contribution < -0.4 is 0 Å². The second-order valence-corrected chi connectivity index (χ2v) is 6.17. The second-order valence-electron chi connectivity index (χ2n) is 6.17. The Morgan fingerprint density at radius 3 is 2.59 bits per heavy atom. The van der Waals surface area contributed by atoms with Gasteiger partial charge in [-0.1, -0.05) is 27.4 Å². The summed E-state index contributed by atoms with van der Waals surface area (Å²) in [7, 11) is 0. The van der Waals surface area contributed by atoms with Gasteiger partial charge in [0.25, 0.3) is 0 Å². The van der Waals surface area contributed by atoms with Crippen molar-refractivity contribution >= 4 is 5.91 Å². The van der Waals surface area contributed by atoms with Crippen LogP contribution in [-0.4, -0.2) is 35.1 Å². The molecule has 0 radical (unpaired) electrons. The highest BCUT2D eigenvalue weighted by Crippen LogP contribution is 2.26. The van der Waals surface area contributed by atoms with Crippen LogP contribution in [0, 0.1) is 5.41 Å². The highest BCUT2D eigenvalue weighted by atomic mass is 16.3. The Bertz CT molecular complexity index is 291. The van der Waals surface area contributed by atoms with Gasteiger partial charge < -0.3 is 10.0 Å². The summed E-state index contributed by atoms with van der Waals surface area (Å²) in [5, 5.41) is 9.30. The Morgan fingerprint density at radius 1 is 1.41 bits per heavy atom. The number of nitrogens with zero attached hydrogens (tertiary/aromatic N) is 1. The first-order valence-electron chi connectivity index (χ1n) is 6.45. The van der Waals surface area contributed by atoms with Crippen molar-refractivity contribution in [3.63, 3.8) is 0 Å². The van der Waals surface area contributed by atoms with Crippen LogP contribution in [0.3, 0.4) is 0 Å². The molecular formula is C14H25NO2. The summed E-state index contributed by atoms with van der Waals surface area (Å²) in [6.07, 6.45) is 3.75. The van der Waals surface area contributed by atoms with E-state index in [1.807, 2.05) is 0 Å². The largest absolute Gasteiger partial charge is 0.394 e. The maximum absolute atomic E-state index is 12.3. The van der Waals surface area contributed by atoms with Crippen LogP contribution in [-0.2, 0) is 4.79 Å². The molecule has 1 amide bonds. The third-order valence-corrected chi connectivity index (χ3v) is 3.14. The molecule has 0 aromatic heterocycles. The molecular weight excluding hydrogens is 214 g/mol. The number of amides is 1. The summed E-state index contributed by atoms with van der Waals surface area (Å²) in [4.78, 5) is 14.1. The van der Waals surface area contributed by atoms with Crippen molar-refractivity contribution in [2.45, 2.75) is 52.5 Å². The van der Waals surface area contributed by atoms with E-state index in [4.69, 9.17) is 0 Å². The molecule has 17 heavy (non-hydrogen) atoms. The molecule has 0 spiro atoms. The number of hydrogen-bond acceptors (Lipinski definition) is 2. The number of rotatable bonds is 3. The number of aliphatic hydroxyl groups excluding tert-OH is 1. The maximum Gasteiger partial charge on any atom is 0.249 e. The molecule has 1 N–H and O–H groups in total. The summed E-state index contributed by atoms with van der Waals surface area (Å²) in [6.45, 7) is 11.0. The van der Waals surface area contributed by atoms with Crippen LogP contribution in [0.1, 0.15) is 46.5 Å². The molecule has 98 valence electrons. The zero-order valence-electron chi connectivity index (χ0n) is 11.3. The standard InChI is InChI=1S/C14H25NO2/c1-11(9-14(2,3)4)13(17)15-8-6-5-7-12(15)10-16/h12,16H,1,5-10H2,2-4H3/t12-/m1/s1. The van der Waals surface area contributed by atoms with E-state index in [0.29, 0.717) is 12.0 Å². The van der Waals surface area contributed by atoms with E-state index in [-0.39, 0.29) is 24.0 Å². The lowest BCUT2D eigenvalue weighted by atomic mass is 9.87. The lowest BCUT2D eigenvalue weighted by Gasteiger charge is -2.35. The van der Waals surface area contributed by atoms with E-state index < -0.39 is 0 Å². The van der Waals surface area contributed by atoms with Crippen molar-refractivity contribution in [1.82, 2.24) is 4.90 Å². The van der Waals surface area contributed by atoms with Gasteiger partial charge >= 0.3 is 0 Å². The molecule has 0 saturated carbocycles. The number of carbonyl (C=O) groups excluding carboxylic acids is 1. The van der Waals surface area contributed by atoms with E-state index >= 15 is 0 Å². The van der Waals surface area contributed by atoms with Gasteiger partial charge in [-0.05, 0) is 31.1 Å². The third-order valence-electron chi connectivity index (χ3n) is 3.14. The Labute approximate surface area is 105 Å². The Hall–Kier alpha value is -0.830. The van der Waals surface area contributed by atoms with Gasteiger partial charge in [0.2, 0.25) is 5.91 Å². The van der Waals surface area contributed by atoms with Crippen LogP contribution in [0.2, 0.25) is 0 Å². The van der Waals surface area contributed by atoms with Gasteiger partial charge in [-0.25, -0.2) is 0 Å². The lowest BCUT2D eigenvalue weighted by molar-refractivity contribution is -0.132. The summed E-state index contributed by atoms with van der Waals surface area (Å²) in [6, 6.07) is -0.00651. The lowest BCUT2D eigenvalue weighted by Crippen LogP contribution is -2.46. The van der Waals surface area contributed by atoms with Crippen molar-refractivity contribution in [2.24, 2.45) is 5.41 Å². The number of hydrogen-bond donors (Lipinski definition) is 1. The highest BCUT2D eigenvalue weighted by Gasteiger charge is 2.28. The van der Waals surface area contributed by atoms with Crippen molar-refractivity contribution in [1.29, 1.82) is 0 Å². The molecule has 3 heteroatoms. The molecule has 0 unspecified atom stereocenters. The minimum absolute atomic E-state index is 0.00651. The molecule has 0 aromatic rings. The second kappa shape index (κ2) is 5.67. The molecule has 1 saturated heterocycles. The summed E-state index contributed by atoms with van der Waals surface area (Å²) in [5.74, 6) is 0.0266. The number of piperidine rings is 1. The molecule has 0 aliphatic carbocycles. The average Bonchev–Trinajstić information content (AvgIpc) is 2.25. The van der Waals surface area contributed by atoms with Crippen molar-refractivity contribution in [3.05, 3.63) is 12.2 Å². The SMILES string of the molecule is C=C(CC(C)(C)C)C(=O)N1CCCC[C@@H]1CO. The van der Waals surface area contributed by atoms with Crippen LogP contribution in [0.15, 0.2) is 12.2 Å². The molecule has 0 bridgehead atoms. The summed E-state index contributed by atoms with van der Waals surface area (Å²) in [5.41, 5.74) is 0.745. The van der Waals surface area contributed by atoms with Gasteiger partial charge in [0.1, 0.15) is 0 Å². The van der Waals surface area contributed by atoms with Gasteiger partial charge in [0.15, 0.2) is 0 Å². The first kappa shape index (κ1) is 14.2. The fourth-order valence-electron chi connectivity index (χ4n) is 2.38. The monoisotopic (exact) mass is 239 g/mol. The molecule has 1 rings (SSSR count).